The monoisotopic (exact) mass is 431 g/mol. The van der Waals surface area contributed by atoms with Crippen molar-refractivity contribution in [2.45, 2.75) is 24.3 Å². The van der Waals surface area contributed by atoms with Crippen LogP contribution in [0, 0.1) is 5.92 Å². The first-order valence-electron chi connectivity index (χ1n) is 9.99. The first-order valence-corrected chi connectivity index (χ1v) is 11.4. The second-order valence-electron chi connectivity index (χ2n) is 7.53. The molecule has 0 aliphatic carbocycles. The molecule has 2 aromatic rings. The molecule has 1 fully saturated rings. The van der Waals surface area contributed by atoms with E-state index in [0.29, 0.717) is 57.2 Å². The summed E-state index contributed by atoms with van der Waals surface area (Å²) in [7, 11) is -1.87. The summed E-state index contributed by atoms with van der Waals surface area (Å²) < 4.78 is 38.5. The Morgan fingerprint density at radius 3 is 2.47 bits per heavy atom. The van der Waals surface area contributed by atoms with Crippen molar-refractivity contribution in [3.8, 4) is 11.5 Å². The molecule has 3 heterocycles. The fraction of sp³-hybridized carbons (Fsp3) is 0.429. The van der Waals surface area contributed by atoms with Crippen LogP contribution in [0.4, 0.5) is 0 Å². The lowest BCUT2D eigenvalue weighted by Gasteiger charge is -2.32. The van der Waals surface area contributed by atoms with Crippen LogP contribution in [0.2, 0.25) is 0 Å². The van der Waals surface area contributed by atoms with Crippen molar-refractivity contribution in [3.63, 3.8) is 0 Å². The maximum absolute atomic E-state index is 13.1. The van der Waals surface area contributed by atoms with Gasteiger partial charge in [0, 0.05) is 51.1 Å². The Bertz CT molecular complexity index is 1000. The Hall–Kier alpha value is -2.65. The molecule has 0 saturated carbocycles. The number of sulfonamides is 1. The van der Waals surface area contributed by atoms with Crippen LogP contribution in [0.1, 0.15) is 18.4 Å². The van der Waals surface area contributed by atoms with Gasteiger partial charge in [0.05, 0.1) is 4.90 Å². The number of hydrogen-bond donors (Lipinski definition) is 0. The van der Waals surface area contributed by atoms with Crippen LogP contribution in [-0.4, -0.2) is 61.9 Å². The van der Waals surface area contributed by atoms with Gasteiger partial charge in [-0.15, -0.1) is 0 Å². The number of piperidine rings is 1. The molecule has 1 aromatic heterocycles. The Balaban J connectivity index is 1.38. The number of carbonyl (C=O) groups is 1. The molecule has 0 N–H and O–H groups in total. The molecule has 1 saturated heterocycles. The molecule has 30 heavy (non-hydrogen) atoms. The number of nitrogens with zero attached hydrogens (tertiary/aromatic N) is 3. The molecular weight excluding hydrogens is 406 g/mol. The zero-order chi connectivity index (χ0) is 21.1. The van der Waals surface area contributed by atoms with Gasteiger partial charge < -0.3 is 14.4 Å². The normalized spacial score (nSPS) is 17.5. The van der Waals surface area contributed by atoms with Gasteiger partial charge in [0.25, 0.3) is 0 Å². The number of fused-ring (bicyclic) bond motifs is 1. The van der Waals surface area contributed by atoms with E-state index in [4.69, 9.17) is 9.47 Å². The fourth-order valence-corrected chi connectivity index (χ4v) is 5.31. The molecule has 160 valence electrons. The van der Waals surface area contributed by atoms with Gasteiger partial charge in [0.2, 0.25) is 15.9 Å². The summed E-state index contributed by atoms with van der Waals surface area (Å²) in [5.41, 5.74) is 1.01. The Labute approximate surface area is 176 Å². The number of carbonyl (C=O) groups excluding carboxylic acids is 1. The van der Waals surface area contributed by atoms with Crippen LogP contribution in [0.25, 0.3) is 0 Å². The average molecular weight is 432 g/mol. The Morgan fingerprint density at radius 2 is 1.77 bits per heavy atom. The van der Waals surface area contributed by atoms with Gasteiger partial charge in [-0.2, -0.15) is 4.31 Å². The zero-order valence-electron chi connectivity index (χ0n) is 16.9. The second-order valence-corrected chi connectivity index (χ2v) is 9.47. The predicted molar refractivity (Wildman–Crippen MR) is 110 cm³/mol. The van der Waals surface area contributed by atoms with Gasteiger partial charge in [-0.05, 0) is 42.7 Å². The third kappa shape index (κ3) is 4.27. The number of amides is 1. The highest BCUT2D eigenvalue weighted by molar-refractivity contribution is 7.89. The smallest absolute Gasteiger partial charge is 0.243 e. The minimum atomic E-state index is -3.65. The maximum Gasteiger partial charge on any atom is 0.243 e. The van der Waals surface area contributed by atoms with E-state index >= 15 is 0 Å². The number of rotatable bonds is 5. The van der Waals surface area contributed by atoms with Crippen LogP contribution in [0.5, 0.6) is 11.5 Å². The van der Waals surface area contributed by atoms with Gasteiger partial charge in [-0.1, -0.05) is 0 Å². The topological polar surface area (TPSA) is 89.0 Å². The van der Waals surface area contributed by atoms with E-state index in [2.05, 4.69) is 4.98 Å². The highest BCUT2D eigenvalue weighted by Gasteiger charge is 2.33. The predicted octanol–water partition coefficient (Wildman–Crippen LogP) is 1.91. The highest BCUT2D eigenvalue weighted by atomic mass is 32.2. The summed E-state index contributed by atoms with van der Waals surface area (Å²) in [5.74, 6) is 0.874. The third-order valence-electron chi connectivity index (χ3n) is 5.50. The first-order chi connectivity index (χ1) is 14.4. The number of aromatic nitrogens is 1. The first kappa shape index (κ1) is 20.6. The molecule has 1 aromatic carbocycles. The molecule has 0 bridgehead atoms. The lowest BCUT2D eigenvalue weighted by atomic mass is 9.96. The van der Waals surface area contributed by atoms with Gasteiger partial charge in [0.1, 0.15) is 13.2 Å². The van der Waals surface area contributed by atoms with Gasteiger partial charge >= 0.3 is 0 Å². The third-order valence-corrected chi connectivity index (χ3v) is 7.39. The molecule has 8 nitrogen and oxygen atoms in total. The number of pyridine rings is 1. The summed E-state index contributed by atoms with van der Waals surface area (Å²) in [6, 6.07) is 8.45. The fourth-order valence-electron chi connectivity index (χ4n) is 3.83. The molecule has 0 atom stereocenters. The van der Waals surface area contributed by atoms with E-state index in [0.717, 1.165) is 5.56 Å². The summed E-state index contributed by atoms with van der Waals surface area (Å²) >= 11 is 0. The van der Waals surface area contributed by atoms with Crippen molar-refractivity contribution < 1.29 is 22.7 Å². The van der Waals surface area contributed by atoms with Crippen molar-refractivity contribution >= 4 is 15.9 Å². The molecule has 2 aliphatic rings. The lowest BCUT2D eigenvalue weighted by molar-refractivity contribution is -0.135. The highest BCUT2D eigenvalue weighted by Crippen LogP contribution is 2.34. The summed E-state index contributed by atoms with van der Waals surface area (Å²) in [4.78, 5) is 18.7. The van der Waals surface area contributed by atoms with E-state index in [-0.39, 0.29) is 16.7 Å². The number of ether oxygens (including phenoxy) is 2. The van der Waals surface area contributed by atoms with Crippen molar-refractivity contribution in [1.29, 1.82) is 0 Å². The van der Waals surface area contributed by atoms with E-state index in [1.807, 2.05) is 12.1 Å². The molecule has 0 spiro atoms. The van der Waals surface area contributed by atoms with Crippen LogP contribution < -0.4 is 9.47 Å². The van der Waals surface area contributed by atoms with Crippen molar-refractivity contribution in [1.82, 2.24) is 14.2 Å². The lowest BCUT2D eigenvalue weighted by Crippen LogP contribution is -2.43. The summed E-state index contributed by atoms with van der Waals surface area (Å²) in [6.45, 7) is 2.00. The summed E-state index contributed by atoms with van der Waals surface area (Å²) in [5, 5.41) is 0. The quantitative estimate of drug-likeness (QED) is 0.719. The van der Waals surface area contributed by atoms with E-state index in [9.17, 15) is 13.2 Å². The Kier molecular flexibility index (Phi) is 5.92. The van der Waals surface area contributed by atoms with Gasteiger partial charge in [-0.25, -0.2) is 8.42 Å². The largest absolute Gasteiger partial charge is 0.486 e. The van der Waals surface area contributed by atoms with Gasteiger partial charge in [0.15, 0.2) is 11.5 Å². The Morgan fingerprint density at radius 1 is 1.10 bits per heavy atom. The van der Waals surface area contributed by atoms with E-state index in [1.165, 1.54) is 10.4 Å². The molecule has 4 rings (SSSR count). The summed E-state index contributed by atoms with van der Waals surface area (Å²) in [6.07, 6.45) is 4.41. The molecule has 0 unspecified atom stereocenters. The van der Waals surface area contributed by atoms with Crippen molar-refractivity contribution in [2.24, 2.45) is 5.92 Å². The molecule has 2 aliphatic heterocycles. The van der Waals surface area contributed by atoms with Crippen LogP contribution in [0.3, 0.4) is 0 Å². The van der Waals surface area contributed by atoms with Crippen molar-refractivity contribution in [2.75, 3.05) is 33.4 Å². The molecule has 9 heteroatoms. The minimum absolute atomic E-state index is 0.0446. The van der Waals surface area contributed by atoms with E-state index in [1.54, 1.807) is 36.5 Å². The number of benzene rings is 1. The minimum Gasteiger partial charge on any atom is -0.486 e. The second kappa shape index (κ2) is 8.61. The van der Waals surface area contributed by atoms with Crippen LogP contribution in [-0.2, 0) is 21.4 Å². The molecule has 1 amide bonds. The molecule has 0 radical (unpaired) electrons. The maximum atomic E-state index is 13.1. The van der Waals surface area contributed by atoms with Crippen LogP contribution >= 0.6 is 0 Å². The van der Waals surface area contributed by atoms with Crippen molar-refractivity contribution in [3.05, 3.63) is 48.3 Å². The van der Waals surface area contributed by atoms with E-state index < -0.39 is 10.0 Å². The SMILES string of the molecule is CN(Cc1ccncc1)C(=O)C1CCN(S(=O)(=O)c2ccc3c(c2)OCCO3)CC1. The standard InChI is InChI=1S/C21H25N3O5S/c1-23(15-16-4-8-22-9-5-16)21(25)17-6-10-24(11-7-17)30(26,27)18-2-3-19-20(14-18)29-13-12-28-19/h2-5,8-9,14,17H,6-7,10-13,15H2,1H3. The number of hydrogen-bond acceptors (Lipinski definition) is 6. The average Bonchev–Trinajstić information content (AvgIpc) is 2.79. The van der Waals surface area contributed by atoms with Crippen LogP contribution in [0.15, 0.2) is 47.6 Å². The molecular formula is C21H25N3O5S. The van der Waals surface area contributed by atoms with Gasteiger partial charge in [-0.3, -0.25) is 9.78 Å². The zero-order valence-corrected chi connectivity index (χ0v) is 17.7.